The summed E-state index contributed by atoms with van der Waals surface area (Å²) in [5.74, 6) is 0.356. The number of carbonyl (C=O) groups excluding carboxylic acids is 2. The standard InChI is InChI=1S/C22H22ClNO4/c1-13(2)27-17-9-5-15(6-10-17)19-20(23)22(26)24(21(19)25)16-7-11-18(12-8-16)28-14(3)4/h5-14H,1-4H3. The minimum atomic E-state index is -0.540. The Morgan fingerprint density at radius 2 is 1.21 bits per heavy atom. The van der Waals surface area contributed by atoms with Crippen LogP contribution >= 0.6 is 11.6 Å². The molecule has 2 aromatic rings. The van der Waals surface area contributed by atoms with Gasteiger partial charge in [0, 0.05) is 0 Å². The van der Waals surface area contributed by atoms with Crippen molar-refractivity contribution in [3.05, 3.63) is 59.1 Å². The smallest absolute Gasteiger partial charge is 0.277 e. The number of amides is 2. The van der Waals surface area contributed by atoms with E-state index >= 15 is 0 Å². The maximum absolute atomic E-state index is 13.0. The molecule has 2 amide bonds. The summed E-state index contributed by atoms with van der Waals surface area (Å²) in [6, 6.07) is 13.7. The zero-order chi connectivity index (χ0) is 20.4. The number of benzene rings is 2. The Morgan fingerprint density at radius 1 is 0.750 bits per heavy atom. The monoisotopic (exact) mass is 399 g/mol. The Morgan fingerprint density at radius 3 is 1.68 bits per heavy atom. The summed E-state index contributed by atoms with van der Waals surface area (Å²) < 4.78 is 11.2. The van der Waals surface area contributed by atoms with Crippen LogP contribution in [0.4, 0.5) is 5.69 Å². The molecule has 0 saturated heterocycles. The fourth-order valence-corrected chi connectivity index (χ4v) is 3.18. The van der Waals surface area contributed by atoms with Gasteiger partial charge in [-0.15, -0.1) is 0 Å². The number of hydrogen-bond donors (Lipinski definition) is 0. The first-order valence-corrected chi connectivity index (χ1v) is 9.48. The molecule has 0 atom stereocenters. The predicted molar refractivity (Wildman–Crippen MR) is 110 cm³/mol. The third-order valence-electron chi connectivity index (χ3n) is 4.01. The van der Waals surface area contributed by atoms with E-state index in [0.717, 1.165) is 4.90 Å². The molecule has 5 nitrogen and oxygen atoms in total. The maximum Gasteiger partial charge on any atom is 0.277 e. The first kappa shape index (κ1) is 20.0. The summed E-state index contributed by atoms with van der Waals surface area (Å²) in [5.41, 5.74) is 1.20. The molecule has 28 heavy (non-hydrogen) atoms. The van der Waals surface area contributed by atoms with E-state index in [1.807, 2.05) is 27.7 Å². The molecule has 0 aliphatic carbocycles. The normalized spacial score (nSPS) is 14.5. The second-order valence-corrected chi connectivity index (χ2v) is 7.36. The van der Waals surface area contributed by atoms with Crippen molar-refractivity contribution in [2.24, 2.45) is 0 Å². The maximum atomic E-state index is 13.0. The Bertz CT molecular complexity index is 915. The van der Waals surface area contributed by atoms with Crippen molar-refractivity contribution in [2.45, 2.75) is 39.9 Å². The van der Waals surface area contributed by atoms with Crippen LogP contribution in [0, 0.1) is 0 Å². The predicted octanol–water partition coefficient (Wildman–Crippen LogP) is 4.78. The molecule has 0 radical (unpaired) electrons. The van der Waals surface area contributed by atoms with Crippen LogP contribution in [0.25, 0.3) is 5.57 Å². The van der Waals surface area contributed by atoms with E-state index in [1.54, 1.807) is 48.5 Å². The highest BCUT2D eigenvalue weighted by atomic mass is 35.5. The number of anilines is 1. The summed E-state index contributed by atoms with van der Waals surface area (Å²) in [4.78, 5) is 26.7. The molecule has 3 rings (SSSR count). The van der Waals surface area contributed by atoms with Crippen LogP contribution in [0.1, 0.15) is 33.3 Å². The van der Waals surface area contributed by atoms with Crippen LogP contribution in [-0.2, 0) is 9.59 Å². The van der Waals surface area contributed by atoms with Gasteiger partial charge in [-0.3, -0.25) is 9.59 Å². The van der Waals surface area contributed by atoms with Crippen LogP contribution in [0.5, 0.6) is 11.5 Å². The Hall–Kier alpha value is -2.79. The zero-order valence-corrected chi connectivity index (χ0v) is 17.0. The van der Waals surface area contributed by atoms with E-state index in [2.05, 4.69) is 0 Å². The molecule has 0 N–H and O–H groups in total. The topological polar surface area (TPSA) is 55.8 Å². The molecule has 1 aliphatic rings. The molecular weight excluding hydrogens is 378 g/mol. The highest BCUT2D eigenvalue weighted by Crippen LogP contribution is 2.36. The number of ether oxygens (including phenoxy) is 2. The SMILES string of the molecule is CC(C)Oc1ccc(C2=C(Cl)C(=O)N(c3ccc(OC(C)C)cc3)C2=O)cc1. The first-order chi connectivity index (χ1) is 13.3. The van der Waals surface area contributed by atoms with Gasteiger partial charge in [0.2, 0.25) is 0 Å². The van der Waals surface area contributed by atoms with Crippen molar-refractivity contribution in [1.82, 2.24) is 0 Å². The molecule has 146 valence electrons. The number of imide groups is 1. The molecule has 6 heteroatoms. The van der Waals surface area contributed by atoms with Crippen molar-refractivity contribution in [3.8, 4) is 11.5 Å². The Kier molecular flexibility index (Phi) is 5.75. The number of nitrogens with zero attached hydrogens (tertiary/aromatic N) is 1. The largest absolute Gasteiger partial charge is 0.491 e. The van der Waals surface area contributed by atoms with Gasteiger partial charge in [0.05, 0.1) is 23.5 Å². The summed E-state index contributed by atoms with van der Waals surface area (Å²) in [7, 11) is 0. The van der Waals surface area contributed by atoms with Crippen LogP contribution in [0.3, 0.4) is 0 Å². The molecule has 0 unspecified atom stereocenters. The lowest BCUT2D eigenvalue weighted by molar-refractivity contribution is -0.119. The summed E-state index contributed by atoms with van der Waals surface area (Å²) in [6.45, 7) is 7.72. The number of hydrogen-bond acceptors (Lipinski definition) is 4. The van der Waals surface area contributed by atoms with E-state index in [1.165, 1.54) is 0 Å². The Labute approximate surface area is 169 Å². The lowest BCUT2D eigenvalue weighted by Crippen LogP contribution is -2.31. The highest BCUT2D eigenvalue weighted by Gasteiger charge is 2.39. The van der Waals surface area contributed by atoms with E-state index in [0.29, 0.717) is 22.7 Å². The van der Waals surface area contributed by atoms with E-state index in [-0.39, 0.29) is 22.8 Å². The van der Waals surface area contributed by atoms with Gasteiger partial charge >= 0.3 is 0 Å². The molecular formula is C22H22ClNO4. The van der Waals surface area contributed by atoms with Gasteiger partial charge in [0.1, 0.15) is 16.5 Å². The van der Waals surface area contributed by atoms with Gasteiger partial charge in [-0.1, -0.05) is 23.7 Å². The van der Waals surface area contributed by atoms with Gasteiger partial charge < -0.3 is 9.47 Å². The molecule has 0 spiro atoms. The van der Waals surface area contributed by atoms with Crippen molar-refractivity contribution in [1.29, 1.82) is 0 Å². The third kappa shape index (κ3) is 4.04. The van der Waals surface area contributed by atoms with Gasteiger partial charge in [-0.2, -0.15) is 0 Å². The second-order valence-electron chi connectivity index (χ2n) is 6.99. The van der Waals surface area contributed by atoms with E-state index in [9.17, 15) is 9.59 Å². The molecule has 1 heterocycles. The molecule has 0 aromatic heterocycles. The minimum Gasteiger partial charge on any atom is -0.491 e. The first-order valence-electron chi connectivity index (χ1n) is 9.10. The van der Waals surface area contributed by atoms with E-state index < -0.39 is 11.8 Å². The average molecular weight is 400 g/mol. The Balaban J connectivity index is 1.85. The molecule has 2 aromatic carbocycles. The van der Waals surface area contributed by atoms with Crippen molar-refractivity contribution in [2.75, 3.05) is 4.90 Å². The van der Waals surface area contributed by atoms with Crippen molar-refractivity contribution < 1.29 is 19.1 Å². The van der Waals surface area contributed by atoms with Crippen LogP contribution in [-0.4, -0.2) is 24.0 Å². The zero-order valence-electron chi connectivity index (χ0n) is 16.2. The summed E-state index contributed by atoms with van der Waals surface area (Å²) in [6.07, 6.45) is 0.0766. The fourth-order valence-electron chi connectivity index (χ4n) is 2.91. The lowest BCUT2D eigenvalue weighted by Gasteiger charge is -2.16. The third-order valence-corrected chi connectivity index (χ3v) is 4.36. The van der Waals surface area contributed by atoms with Crippen LogP contribution < -0.4 is 14.4 Å². The molecule has 0 fully saturated rings. The van der Waals surface area contributed by atoms with Crippen molar-refractivity contribution in [3.63, 3.8) is 0 Å². The quantitative estimate of drug-likeness (QED) is 0.655. The lowest BCUT2D eigenvalue weighted by atomic mass is 10.1. The second kappa shape index (κ2) is 8.07. The van der Waals surface area contributed by atoms with Crippen LogP contribution in [0.2, 0.25) is 0 Å². The highest BCUT2D eigenvalue weighted by molar-refractivity contribution is 6.60. The summed E-state index contributed by atoms with van der Waals surface area (Å²) in [5, 5.41) is -0.0926. The van der Waals surface area contributed by atoms with Gasteiger partial charge in [-0.25, -0.2) is 4.90 Å². The average Bonchev–Trinajstić information content (AvgIpc) is 2.85. The minimum absolute atomic E-state index is 0.0336. The van der Waals surface area contributed by atoms with Gasteiger partial charge in [0.25, 0.3) is 11.8 Å². The van der Waals surface area contributed by atoms with Gasteiger partial charge in [0.15, 0.2) is 0 Å². The fraction of sp³-hybridized carbons (Fsp3) is 0.273. The van der Waals surface area contributed by atoms with Crippen molar-refractivity contribution >= 4 is 34.7 Å². The number of halogens is 1. The summed E-state index contributed by atoms with van der Waals surface area (Å²) >= 11 is 6.24. The van der Waals surface area contributed by atoms with Gasteiger partial charge in [-0.05, 0) is 69.7 Å². The van der Waals surface area contributed by atoms with E-state index in [4.69, 9.17) is 21.1 Å². The number of carbonyl (C=O) groups is 2. The van der Waals surface area contributed by atoms with Crippen LogP contribution in [0.15, 0.2) is 53.6 Å². The molecule has 0 bridgehead atoms. The molecule has 0 saturated carbocycles. The number of rotatable bonds is 6. The molecule has 1 aliphatic heterocycles.